The Labute approximate surface area is 257 Å². The van der Waals surface area contributed by atoms with Gasteiger partial charge in [0.2, 0.25) is 0 Å². The largest absolute Gasteiger partial charge is 0.481 e. The number of benzene rings is 3. The Bertz CT molecular complexity index is 1490. The topological polar surface area (TPSA) is 71.3 Å². The average molecular weight is 579 g/mol. The number of hydrogen-bond acceptors (Lipinski definition) is 3. The molecule has 2 N–H and O–H groups in total. The molecule has 0 aliphatic heterocycles. The van der Waals surface area contributed by atoms with Crippen LogP contribution in [0.2, 0.25) is 0 Å². The fraction of sp³-hybridized carbons (Fsp3) is 0.368. The Balaban J connectivity index is 1.54. The van der Waals surface area contributed by atoms with E-state index in [0.29, 0.717) is 29.9 Å². The van der Waals surface area contributed by atoms with Crippen molar-refractivity contribution in [1.82, 2.24) is 4.57 Å². The molecular weight excluding hydrogens is 532 g/mol. The van der Waals surface area contributed by atoms with Crippen LogP contribution >= 0.6 is 0 Å². The summed E-state index contributed by atoms with van der Waals surface area (Å²) >= 11 is 0. The van der Waals surface area contributed by atoms with Crippen LogP contribution in [0.3, 0.4) is 0 Å². The number of anilines is 1. The minimum absolute atomic E-state index is 0.000694. The van der Waals surface area contributed by atoms with Crippen molar-refractivity contribution in [2.75, 3.05) is 5.32 Å². The van der Waals surface area contributed by atoms with Crippen LogP contribution in [0.4, 0.5) is 5.69 Å². The molecule has 0 bridgehead atoms. The van der Waals surface area contributed by atoms with E-state index in [-0.39, 0.29) is 18.2 Å². The molecule has 0 aliphatic carbocycles. The number of carboxylic acids is 1. The second-order valence-electron chi connectivity index (χ2n) is 12.0. The van der Waals surface area contributed by atoms with E-state index < -0.39 is 5.97 Å². The summed E-state index contributed by atoms with van der Waals surface area (Å²) in [5, 5.41) is 12.8. The lowest BCUT2D eigenvalue weighted by Crippen LogP contribution is -2.12. The van der Waals surface area contributed by atoms with Gasteiger partial charge in [-0.1, -0.05) is 87.5 Å². The Hall–Kier alpha value is -4.12. The fourth-order valence-electron chi connectivity index (χ4n) is 5.93. The maximum Gasteiger partial charge on any atom is 0.303 e. The lowest BCUT2D eigenvalue weighted by Gasteiger charge is -2.22. The van der Waals surface area contributed by atoms with Crippen molar-refractivity contribution in [3.05, 3.63) is 124 Å². The van der Waals surface area contributed by atoms with Crippen molar-refractivity contribution in [2.24, 2.45) is 13.0 Å². The van der Waals surface area contributed by atoms with Crippen LogP contribution in [0.1, 0.15) is 96.5 Å². The zero-order valence-corrected chi connectivity index (χ0v) is 26.1. The summed E-state index contributed by atoms with van der Waals surface area (Å²) in [6.07, 6.45) is 6.13. The number of hydrogen-bond donors (Lipinski definition) is 2. The van der Waals surface area contributed by atoms with Crippen LogP contribution in [-0.2, 0) is 37.5 Å². The third-order valence-electron chi connectivity index (χ3n) is 8.15. The molecule has 0 spiro atoms. The molecule has 4 rings (SSSR count). The number of aliphatic carboxylic acids is 1. The van der Waals surface area contributed by atoms with Gasteiger partial charge in [0.05, 0.1) is 6.04 Å². The molecule has 0 saturated heterocycles. The number of carbonyl (C=O) groups is 2. The van der Waals surface area contributed by atoms with Crippen LogP contribution < -0.4 is 5.32 Å². The maximum atomic E-state index is 13.8. The number of carbonyl (C=O) groups excluding carboxylic acids is 1. The van der Waals surface area contributed by atoms with Gasteiger partial charge >= 0.3 is 5.97 Å². The summed E-state index contributed by atoms with van der Waals surface area (Å²) in [4.78, 5) is 24.8. The number of nitrogens with one attached hydrogen (secondary N) is 1. The van der Waals surface area contributed by atoms with E-state index in [2.05, 4.69) is 85.3 Å². The highest BCUT2D eigenvalue weighted by Gasteiger charge is 2.20. The third kappa shape index (κ3) is 8.93. The molecule has 1 unspecified atom stereocenters. The molecule has 0 radical (unpaired) electrons. The predicted octanol–water partition coefficient (Wildman–Crippen LogP) is 8.60. The predicted molar refractivity (Wildman–Crippen MR) is 176 cm³/mol. The van der Waals surface area contributed by atoms with Gasteiger partial charge in [-0.15, -0.1) is 0 Å². The van der Waals surface area contributed by atoms with Gasteiger partial charge in [0.15, 0.2) is 5.78 Å². The van der Waals surface area contributed by atoms with Crippen molar-refractivity contribution in [3.63, 3.8) is 0 Å². The standard InChI is InChI=1S/C38H46N2O3/c1-5-36-34(26-33(40(36)4)17-11-19-37(41)42)38(43)31-15-10-16-32(25-31)39-35(18-9-14-28-12-7-6-8-13-28)30-22-20-29(21-23-30)24-27(2)3/h6-8,10,12-13,15-16,20-23,25-27,35,39H,5,9,11,14,17-19,24H2,1-4H3,(H,41,42). The highest BCUT2D eigenvalue weighted by molar-refractivity contribution is 6.10. The average Bonchev–Trinajstić information content (AvgIpc) is 3.31. The van der Waals surface area contributed by atoms with Gasteiger partial charge in [0, 0.05) is 41.7 Å². The molecule has 0 aliphatic rings. The van der Waals surface area contributed by atoms with Gasteiger partial charge in [-0.3, -0.25) is 9.59 Å². The van der Waals surface area contributed by atoms with Gasteiger partial charge in [-0.25, -0.2) is 0 Å². The molecule has 5 nitrogen and oxygen atoms in total. The zero-order chi connectivity index (χ0) is 30.8. The summed E-state index contributed by atoms with van der Waals surface area (Å²) in [5.74, 6) is -0.181. The molecule has 4 aromatic rings. The van der Waals surface area contributed by atoms with Gasteiger partial charge in [-0.2, -0.15) is 0 Å². The summed E-state index contributed by atoms with van der Waals surface area (Å²) in [5.41, 5.74) is 8.20. The van der Waals surface area contributed by atoms with Crippen LogP contribution in [-0.4, -0.2) is 21.4 Å². The summed E-state index contributed by atoms with van der Waals surface area (Å²) in [6, 6.07) is 29.5. The zero-order valence-electron chi connectivity index (χ0n) is 26.1. The van der Waals surface area contributed by atoms with Gasteiger partial charge in [0.25, 0.3) is 0 Å². The van der Waals surface area contributed by atoms with Crippen molar-refractivity contribution < 1.29 is 14.7 Å². The molecule has 3 aromatic carbocycles. The van der Waals surface area contributed by atoms with Gasteiger partial charge in [0.1, 0.15) is 0 Å². The molecular formula is C38H46N2O3. The van der Waals surface area contributed by atoms with Crippen LogP contribution in [0.15, 0.2) is 84.9 Å². The van der Waals surface area contributed by atoms with E-state index in [0.717, 1.165) is 49.2 Å². The highest BCUT2D eigenvalue weighted by Crippen LogP contribution is 2.28. The first-order chi connectivity index (χ1) is 20.7. The van der Waals surface area contributed by atoms with Crippen LogP contribution in [0.5, 0.6) is 0 Å². The van der Waals surface area contributed by atoms with Crippen molar-refractivity contribution in [1.29, 1.82) is 0 Å². The minimum Gasteiger partial charge on any atom is -0.481 e. The van der Waals surface area contributed by atoms with Gasteiger partial charge in [-0.05, 0) is 85.8 Å². The number of carboxylic acid groups (broad SMARTS) is 1. The normalized spacial score (nSPS) is 11.9. The number of aromatic nitrogens is 1. The quantitative estimate of drug-likeness (QED) is 0.131. The molecule has 226 valence electrons. The first-order valence-corrected chi connectivity index (χ1v) is 15.7. The lowest BCUT2D eigenvalue weighted by atomic mass is 9.95. The first kappa shape index (κ1) is 31.8. The molecule has 0 saturated carbocycles. The number of nitrogens with zero attached hydrogens (tertiary/aromatic N) is 1. The Morgan fingerprint density at radius 3 is 2.28 bits per heavy atom. The van der Waals surface area contributed by atoms with E-state index in [1.54, 1.807) is 0 Å². The Morgan fingerprint density at radius 2 is 1.60 bits per heavy atom. The third-order valence-corrected chi connectivity index (χ3v) is 8.15. The van der Waals surface area contributed by atoms with E-state index in [1.165, 1.54) is 16.7 Å². The monoisotopic (exact) mass is 578 g/mol. The lowest BCUT2D eigenvalue weighted by molar-refractivity contribution is -0.137. The Kier molecular flexibility index (Phi) is 11.4. The molecule has 43 heavy (non-hydrogen) atoms. The van der Waals surface area contributed by atoms with Crippen molar-refractivity contribution >= 4 is 17.4 Å². The van der Waals surface area contributed by atoms with Crippen LogP contribution in [0.25, 0.3) is 0 Å². The first-order valence-electron chi connectivity index (χ1n) is 15.7. The van der Waals surface area contributed by atoms with E-state index in [4.69, 9.17) is 5.11 Å². The van der Waals surface area contributed by atoms with Crippen molar-refractivity contribution in [2.45, 2.75) is 78.2 Å². The summed E-state index contributed by atoms with van der Waals surface area (Å²) in [6.45, 7) is 6.54. The number of ketones is 1. The number of aryl methyl sites for hydroxylation is 2. The fourth-order valence-corrected chi connectivity index (χ4v) is 5.93. The molecule has 1 heterocycles. The minimum atomic E-state index is -0.796. The van der Waals surface area contributed by atoms with Crippen molar-refractivity contribution in [3.8, 4) is 0 Å². The second kappa shape index (κ2) is 15.4. The smallest absolute Gasteiger partial charge is 0.303 e. The Morgan fingerprint density at radius 1 is 0.860 bits per heavy atom. The SMILES string of the molecule is CCc1c(C(=O)c2cccc(NC(CCCc3ccccc3)c3ccc(CC(C)C)cc3)c2)cc(CCCC(=O)O)n1C. The molecule has 1 aromatic heterocycles. The summed E-state index contributed by atoms with van der Waals surface area (Å²) in [7, 11) is 1.97. The molecule has 1 atom stereocenters. The van der Waals surface area contributed by atoms with Crippen LogP contribution in [0, 0.1) is 5.92 Å². The molecule has 0 amide bonds. The van der Waals surface area contributed by atoms with Gasteiger partial charge < -0.3 is 15.0 Å². The van der Waals surface area contributed by atoms with E-state index >= 15 is 0 Å². The maximum absolute atomic E-state index is 13.8. The number of rotatable bonds is 16. The highest BCUT2D eigenvalue weighted by atomic mass is 16.4. The molecule has 5 heteroatoms. The molecule has 0 fully saturated rings. The van der Waals surface area contributed by atoms with E-state index in [9.17, 15) is 9.59 Å². The second-order valence-corrected chi connectivity index (χ2v) is 12.0. The van der Waals surface area contributed by atoms with E-state index in [1.807, 2.05) is 37.4 Å². The summed E-state index contributed by atoms with van der Waals surface area (Å²) < 4.78 is 2.06.